The minimum Gasteiger partial charge on any atom is -0.494 e. The van der Waals surface area contributed by atoms with Gasteiger partial charge in [0.1, 0.15) is 12.4 Å². The lowest BCUT2D eigenvalue weighted by Gasteiger charge is -2.08. The lowest BCUT2D eigenvalue weighted by atomic mass is 10.1. The number of unbranched alkanes of at least 4 members (excludes halogenated alkanes) is 1. The molecule has 2 aromatic carbocycles. The van der Waals surface area contributed by atoms with Crippen LogP contribution in [0.3, 0.4) is 0 Å². The van der Waals surface area contributed by atoms with E-state index >= 15 is 0 Å². The van der Waals surface area contributed by atoms with Crippen LogP contribution in [-0.2, 0) is 9.53 Å². The Bertz CT molecular complexity index is 652. The Morgan fingerprint density at radius 3 is 2.08 bits per heavy atom. The van der Waals surface area contributed by atoms with Gasteiger partial charge in [0.15, 0.2) is 0 Å². The number of benzene rings is 2. The van der Waals surface area contributed by atoms with Crippen molar-refractivity contribution >= 4 is 5.78 Å². The fraction of sp³-hybridized carbons (Fsp3) is 0.316. The Kier molecular flexibility index (Phi) is 7.01. The highest BCUT2D eigenvalue weighted by Crippen LogP contribution is 2.22. The molecule has 3 nitrogen and oxygen atoms in total. The van der Waals surface area contributed by atoms with Gasteiger partial charge >= 0.3 is 6.18 Å². The number of rotatable bonds is 9. The summed E-state index contributed by atoms with van der Waals surface area (Å²) in [6.45, 7) is -0.398. The highest BCUT2D eigenvalue weighted by Gasteiger charge is 2.37. The molecule has 2 aromatic rings. The van der Waals surface area contributed by atoms with Crippen LogP contribution in [0.5, 0.6) is 5.75 Å². The quantitative estimate of drug-likeness (QED) is 0.616. The van der Waals surface area contributed by atoms with Gasteiger partial charge in [-0.05, 0) is 36.1 Å². The number of ketones is 1. The summed E-state index contributed by atoms with van der Waals surface area (Å²) in [5, 5.41) is 0. The van der Waals surface area contributed by atoms with E-state index < -0.39 is 18.6 Å². The molecule has 0 amide bonds. The van der Waals surface area contributed by atoms with Crippen LogP contribution in [0.2, 0.25) is 0 Å². The van der Waals surface area contributed by atoms with Crippen molar-refractivity contribution in [3.05, 3.63) is 54.6 Å². The van der Waals surface area contributed by atoms with Crippen LogP contribution in [0.25, 0.3) is 11.1 Å². The third kappa shape index (κ3) is 6.58. The molecule has 0 unspecified atom stereocenters. The first-order valence-corrected chi connectivity index (χ1v) is 7.93. The van der Waals surface area contributed by atoms with Gasteiger partial charge in [-0.2, -0.15) is 13.2 Å². The third-order valence-corrected chi connectivity index (χ3v) is 3.46. The van der Waals surface area contributed by atoms with Crippen LogP contribution in [-0.4, -0.2) is 31.8 Å². The Morgan fingerprint density at radius 1 is 0.840 bits per heavy atom. The highest BCUT2D eigenvalue weighted by atomic mass is 19.4. The number of halogens is 3. The van der Waals surface area contributed by atoms with E-state index in [0.29, 0.717) is 19.4 Å². The van der Waals surface area contributed by atoms with Crippen molar-refractivity contribution < 1.29 is 27.4 Å². The standard InChI is InChI=1S/C19H19F3O3/c20-19(21,22)18(23)14-24-12-4-5-13-25-17-10-8-16(9-11-17)15-6-2-1-3-7-15/h1-3,6-11H,4-5,12-14H2. The van der Waals surface area contributed by atoms with Gasteiger partial charge in [-0.15, -0.1) is 0 Å². The average Bonchev–Trinajstić information content (AvgIpc) is 2.61. The zero-order valence-corrected chi connectivity index (χ0v) is 13.6. The van der Waals surface area contributed by atoms with E-state index in [1.807, 2.05) is 54.6 Å². The number of carbonyl (C=O) groups is 1. The van der Waals surface area contributed by atoms with E-state index in [-0.39, 0.29) is 6.61 Å². The fourth-order valence-corrected chi connectivity index (χ4v) is 2.12. The molecule has 0 saturated heterocycles. The lowest BCUT2D eigenvalue weighted by molar-refractivity contribution is -0.175. The zero-order chi connectivity index (χ0) is 18.1. The van der Waals surface area contributed by atoms with Crippen molar-refractivity contribution in [3.63, 3.8) is 0 Å². The molecule has 25 heavy (non-hydrogen) atoms. The summed E-state index contributed by atoms with van der Waals surface area (Å²) >= 11 is 0. The van der Waals surface area contributed by atoms with Crippen molar-refractivity contribution in [2.24, 2.45) is 0 Å². The Labute approximate surface area is 144 Å². The fourth-order valence-electron chi connectivity index (χ4n) is 2.12. The SMILES string of the molecule is O=C(COCCCCOc1ccc(-c2ccccc2)cc1)C(F)(F)F. The smallest absolute Gasteiger partial charge is 0.452 e. The first kappa shape index (κ1) is 19.0. The van der Waals surface area contributed by atoms with E-state index in [1.54, 1.807) is 0 Å². The maximum atomic E-state index is 12.0. The van der Waals surface area contributed by atoms with Gasteiger partial charge in [0, 0.05) is 6.61 Å². The van der Waals surface area contributed by atoms with Gasteiger partial charge in [0.25, 0.3) is 5.78 Å². The van der Waals surface area contributed by atoms with Gasteiger partial charge in [0.05, 0.1) is 6.61 Å². The molecule has 0 atom stereocenters. The zero-order valence-electron chi connectivity index (χ0n) is 13.6. The maximum absolute atomic E-state index is 12.0. The van der Waals surface area contributed by atoms with Gasteiger partial charge in [-0.3, -0.25) is 4.79 Å². The molecule has 0 heterocycles. The minimum atomic E-state index is -4.82. The van der Waals surface area contributed by atoms with Gasteiger partial charge in [-0.25, -0.2) is 0 Å². The molecule has 0 aliphatic rings. The van der Waals surface area contributed by atoms with Crippen LogP contribution < -0.4 is 4.74 Å². The number of Topliss-reactive ketones (excluding diaryl/α,β-unsaturated/α-hetero) is 1. The second-order valence-electron chi connectivity index (χ2n) is 5.42. The first-order valence-electron chi connectivity index (χ1n) is 7.93. The van der Waals surface area contributed by atoms with Gasteiger partial charge in [0.2, 0.25) is 0 Å². The predicted molar refractivity (Wildman–Crippen MR) is 88.5 cm³/mol. The second-order valence-corrected chi connectivity index (χ2v) is 5.42. The number of hydrogen-bond donors (Lipinski definition) is 0. The van der Waals surface area contributed by atoms with Crippen molar-refractivity contribution in [3.8, 4) is 16.9 Å². The van der Waals surface area contributed by atoms with Crippen LogP contribution in [0.1, 0.15) is 12.8 Å². The molecule has 2 rings (SSSR count). The summed E-state index contributed by atoms with van der Waals surface area (Å²) < 4.78 is 46.2. The molecular formula is C19H19F3O3. The lowest BCUT2D eigenvalue weighted by Crippen LogP contribution is -2.27. The largest absolute Gasteiger partial charge is 0.494 e. The number of hydrogen-bond acceptors (Lipinski definition) is 3. The van der Waals surface area contributed by atoms with E-state index in [9.17, 15) is 18.0 Å². The van der Waals surface area contributed by atoms with Crippen molar-refractivity contribution in [2.45, 2.75) is 19.0 Å². The van der Waals surface area contributed by atoms with Crippen LogP contribution in [0.4, 0.5) is 13.2 Å². The summed E-state index contributed by atoms with van der Waals surface area (Å²) in [5.41, 5.74) is 2.22. The second kappa shape index (κ2) is 9.22. The van der Waals surface area contributed by atoms with Crippen molar-refractivity contribution in [1.29, 1.82) is 0 Å². The molecule has 0 aliphatic heterocycles. The molecule has 134 valence electrons. The Balaban J connectivity index is 1.62. The van der Waals surface area contributed by atoms with Crippen molar-refractivity contribution in [1.82, 2.24) is 0 Å². The maximum Gasteiger partial charge on any atom is 0.452 e. The van der Waals surface area contributed by atoms with E-state index in [0.717, 1.165) is 16.9 Å². The molecule has 0 aromatic heterocycles. The Hall–Kier alpha value is -2.34. The Morgan fingerprint density at radius 2 is 1.44 bits per heavy atom. The molecule has 0 saturated carbocycles. The highest BCUT2D eigenvalue weighted by molar-refractivity contribution is 5.85. The number of carbonyl (C=O) groups excluding carboxylic acids is 1. The summed E-state index contributed by atoms with van der Waals surface area (Å²) in [6.07, 6.45) is -3.68. The van der Waals surface area contributed by atoms with E-state index in [4.69, 9.17) is 9.47 Å². The van der Waals surface area contributed by atoms with Gasteiger partial charge < -0.3 is 9.47 Å². The minimum absolute atomic E-state index is 0.0954. The van der Waals surface area contributed by atoms with Gasteiger partial charge in [-0.1, -0.05) is 42.5 Å². The molecule has 0 radical (unpaired) electrons. The summed E-state index contributed by atoms with van der Waals surface area (Å²) in [5.74, 6) is -1.13. The molecule has 0 aliphatic carbocycles. The molecule has 0 N–H and O–H groups in total. The third-order valence-electron chi connectivity index (χ3n) is 3.46. The summed E-state index contributed by atoms with van der Waals surface area (Å²) in [4.78, 5) is 10.6. The number of alkyl halides is 3. The van der Waals surface area contributed by atoms with E-state index in [1.165, 1.54) is 0 Å². The van der Waals surface area contributed by atoms with Crippen LogP contribution in [0, 0.1) is 0 Å². The molecule has 0 spiro atoms. The predicted octanol–water partition coefficient (Wildman–Crippen LogP) is 4.66. The monoisotopic (exact) mass is 352 g/mol. The summed E-state index contributed by atoms with van der Waals surface area (Å²) in [7, 11) is 0. The van der Waals surface area contributed by atoms with Crippen molar-refractivity contribution in [2.75, 3.05) is 19.8 Å². The first-order chi connectivity index (χ1) is 12.0. The van der Waals surface area contributed by atoms with E-state index in [2.05, 4.69) is 0 Å². The normalized spacial score (nSPS) is 11.3. The molecule has 0 fully saturated rings. The molecular weight excluding hydrogens is 333 g/mol. The average molecular weight is 352 g/mol. The summed E-state index contributed by atoms with van der Waals surface area (Å²) in [6, 6.07) is 17.7. The molecule has 6 heteroatoms. The van der Waals surface area contributed by atoms with Crippen LogP contribution in [0.15, 0.2) is 54.6 Å². The molecule has 0 bridgehead atoms. The number of ether oxygens (including phenoxy) is 2. The topological polar surface area (TPSA) is 35.5 Å². The van der Waals surface area contributed by atoms with Crippen LogP contribution >= 0.6 is 0 Å².